The summed E-state index contributed by atoms with van der Waals surface area (Å²) in [5, 5.41) is 2.96. The fourth-order valence-corrected chi connectivity index (χ4v) is 5.16. The van der Waals surface area contributed by atoms with Crippen molar-refractivity contribution in [3.63, 3.8) is 0 Å². The molecule has 3 saturated heterocycles. The molecule has 27 heavy (non-hydrogen) atoms. The zero-order chi connectivity index (χ0) is 19.0. The second kappa shape index (κ2) is 7.49. The number of hydrogen-bond acceptors (Lipinski definition) is 2. The first kappa shape index (κ1) is 18.3. The number of carbonyl (C=O) groups is 2. The van der Waals surface area contributed by atoms with Gasteiger partial charge in [-0.3, -0.25) is 4.79 Å². The first-order valence-corrected chi connectivity index (χ1v) is 10.1. The Morgan fingerprint density at radius 1 is 1.00 bits per heavy atom. The summed E-state index contributed by atoms with van der Waals surface area (Å²) in [4.78, 5) is 28.4. The summed E-state index contributed by atoms with van der Waals surface area (Å²) in [7, 11) is 0. The minimum absolute atomic E-state index is 0.000636. The standard InChI is InChI=1S/C21H28FN3O2/c1-14(26)23-18-8-10-24(11-9-18)21(27)25-19-6-7-20(25)13-16(12-19)15-2-4-17(22)5-3-15/h2-5,16,18-20H,6-13H2,1H3,(H,23,26). The number of benzene rings is 1. The van der Waals surface area contributed by atoms with Crippen LogP contribution in [0.5, 0.6) is 0 Å². The third-order valence-corrected chi connectivity index (χ3v) is 6.47. The summed E-state index contributed by atoms with van der Waals surface area (Å²) in [5.41, 5.74) is 1.19. The summed E-state index contributed by atoms with van der Waals surface area (Å²) in [5.74, 6) is 0.218. The second-order valence-corrected chi connectivity index (χ2v) is 8.26. The number of urea groups is 1. The molecule has 2 atom stereocenters. The molecule has 5 nitrogen and oxygen atoms in total. The maximum absolute atomic E-state index is 13.2. The Balaban J connectivity index is 1.37. The van der Waals surface area contributed by atoms with Crippen LogP contribution in [0.2, 0.25) is 0 Å². The molecule has 3 heterocycles. The predicted molar refractivity (Wildman–Crippen MR) is 101 cm³/mol. The molecule has 0 radical (unpaired) electrons. The number of nitrogens with one attached hydrogen (secondary N) is 1. The van der Waals surface area contributed by atoms with Crippen LogP contribution in [0.1, 0.15) is 56.9 Å². The number of fused-ring (bicyclic) bond motifs is 2. The Hall–Kier alpha value is -2.11. The van der Waals surface area contributed by atoms with Crippen molar-refractivity contribution in [1.29, 1.82) is 0 Å². The van der Waals surface area contributed by atoms with Crippen LogP contribution < -0.4 is 5.32 Å². The van der Waals surface area contributed by atoms with Gasteiger partial charge in [0.15, 0.2) is 0 Å². The Bertz CT molecular complexity index is 686. The lowest BCUT2D eigenvalue weighted by molar-refractivity contribution is -0.119. The van der Waals surface area contributed by atoms with E-state index < -0.39 is 0 Å². The molecule has 3 amide bonds. The molecule has 2 bridgehead atoms. The summed E-state index contributed by atoms with van der Waals surface area (Å²) in [6, 6.07) is 7.79. The molecule has 2 unspecified atom stereocenters. The van der Waals surface area contributed by atoms with E-state index in [1.807, 2.05) is 17.0 Å². The molecule has 0 saturated carbocycles. The van der Waals surface area contributed by atoms with Crippen LogP contribution in [-0.4, -0.2) is 53.0 Å². The first-order valence-electron chi connectivity index (χ1n) is 10.1. The molecule has 1 aromatic carbocycles. The van der Waals surface area contributed by atoms with Gasteiger partial charge in [-0.25, -0.2) is 9.18 Å². The molecular formula is C21H28FN3O2. The first-order chi connectivity index (χ1) is 13.0. The molecule has 1 N–H and O–H groups in total. The lowest BCUT2D eigenvalue weighted by Gasteiger charge is -2.43. The van der Waals surface area contributed by atoms with Crippen LogP contribution in [0.3, 0.4) is 0 Å². The average Bonchev–Trinajstić information content (AvgIpc) is 2.91. The molecule has 3 aliphatic heterocycles. The van der Waals surface area contributed by atoms with Gasteiger partial charge in [0, 0.05) is 38.1 Å². The highest BCUT2D eigenvalue weighted by Crippen LogP contribution is 2.43. The van der Waals surface area contributed by atoms with Crippen molar-refractivity contribution in [3.05, 3.63) is 35.6 Å². The van der Waals surface area contributed by atoms with Gasteiger partial charge in [0.05, 0.1) is 0 Å². The van der Waals surface area contributed by atoms with Crippen molar-refractivity contribution >= 4 is 11.9 Å². The van der Waals surface area contributed by atoms with Crippen molar-refractivity contribution in [2.45, 2.75) is 69.5 Å². The van der Waals surface area contributed by atoms with Crippen LogP contribution in [0.15, 0.2) is 24.3 Å². The van der Waals surface area contributed by atoms with Crippen LogP contribution in [0, 0.1) is 5.82 Å². The van der Waals surface area contributed by atoms with Gasteiger partial charge in [-0.2, -0.15) is 0 Å². The number of carbonyl (C=O) groups excluding carboxylic acids is 2. The lowest BCUT2D eigenvalue weighted by Crippen LogP contribution is -2.55. The third-order valence-electron chi connectivity index (χ3n) is 6.47. The lowest BCUT2D eigenvalue weighted by atomic mass is 9.85. The molecular weight excluding hydrogens is 345 g/mol. The van der Waals surface area contributed by atoms with E-state index in [1.165, 1.54) is 17.7 Å². The summed E-state index contributed by atoms with van der Waals surface area (Å²) < 4.78 is 13.2. The highest BCUT2D eigenvalue weighted by molar-refractivity contribution is 5.76. The molecule has 4 rings (SSSR count). The number of hydrogen-bond donors (Lipinski definition) is 1. The summed E-state index contributed by atoms with van der Waals surface area (Å²) in [6.07, 6.45) is 5.72. The molecule has 1 aromatic rings. The highest BCUT2D eigenvalue weighted by atomic mass is 19.1. The predicted octanol–water partition coefficient (Wildman–Crippen LogP) is 3.26. The SMILES string of the molecule is CC(=O)NC1CCN(C(=O)N2C3CCC2CC(c2ccc(F)cc2)C3)CC1. The average molecular weight is 373 g/mol. The van der Waals surface area contributed by atoms with E-state index in [0.29, 0.717) is 31.1 Å². The summed E-state index contributed by atoms with van der Waals surface area (Å²) >= 11 is 0. The molecule has 146 valence electrons. The summed E-state index contributed by atoms with van der Waals surface area (Å²) in [6.45, 7) is 2.96. The Morgan fingerprint density at radius 2 is 1.59 bits per heavy atom. The van der Waals surface area contributed by atoms with Gasteiger partial charge in [0.25, 0.3) is 0 Å². The van der Waals surface area contributed by atoms with Crippen LogP contribution in [-0.2, 0) is 4.79 Å². The number of rotatable bonds is 2. The van der Waals surface area contributed by atoms with Gasteiger partial charge in [-0.1, -0.05) is 12.1 Å². The topological polar surface area (TPSA) is 52.7 Å². The molecule has 0 aromatic heterocycles. The fourth-order valence-electron chi connectivity index (χ4n) is 5.16. The Labute approximate surface area is 159 Å². The molecule has 6 heteroatoms. The zero-order valence-electron chi connectivity index (χ0n) is 15.9. The normalized spacial score (nSPS) is 28.3. The number of nitrogens with zero attached hydrogens (tertiary/aromatic N) is 2. The molecule has 3 fully saturated rings. The quantitative estimate of drug-likeness (QED) is 0.865. The van der Waals surface area contributed by atoms with E-state index in [2.05, 4.69) is 10.2 Å². The van der Waals surface area contributed by atoms with Crippen LogP contribution in [0.25, 0.3) is 0 Å². The molecule has 0 spiro atoms. The Morgan fingerprint density at radius 3 is 2.15 bits per heavy atom. The minimum Gasteiger partial charge on any atom is -0.353 e. The van der Waals surface area contributed by atoms with E-state index in [0.717, 1.165) is 38.5 Å². The van der Waals surface area contributed by atoms with Crippen molar-refractivity contribution in [1.82, 2.24) is 15.1 Å². The number of halogens is 1. The van der Waals surface area contributed by atoms with Gasteiger partial charge in [-0.05, 0) is 62.1 Å². The van der Waals surface area contributed by atoms with Crippen molar-refractivity contribution in [3.8, 4) is 0 Å². The van der Waals surface area contributed by atoms with E-state index >= 15 is 0 Å². The molecule has 3 aliphatic rings. The van der Waals surface area contributed by atoms with Crippen molar-refractivity contribution < 1.29 is 14.0 Å². The van der Waals surface area contributed by atoms with Gasteiger partial charge in [0.2, 0.25) is 5.91 Å². The van der Waals surface area contributed by atoms with E-state index in [9.17, 15) is 14.0 Å². The maximum atomic E-state index is 13.2. The van der Waals surface area contributed by atoms with Gasteiger partial charge in [-0.15, -0.1) is 0 Å². The fraction of sp³-hybridized carbons (Fsp3) is 0.619. The van der Waals surface area contributed by atoms with Gasteiger partial charge < -0.3 is 15.1 Å². The van der Waals surface area contributed by atoms with Crippen molar-refractivity contribution in [2.75, 3.05) is 13.1 Å². The van der Waals surface area contributed by atoms with E-state index in [1.54, 1.807) is 6.92 Å². The minimum atomic E-state index is -0.197. The third kappa shape index (κ3) is 3.80. The van der Waals surface area contributed by atoms with Gasteiger partial charge in [0.1, 0.15) is 5.82 Å². The smallest absolute Gasteiger partial charge is 0.320 e. The van der Waals surface area contributed by atoms with E-state index in [4.69, 9.17) is 0 Å². The second-order valence-electron chi connectivity index (χ2n) is 8.26. The number of piperidine rings is 2. The van der Waals surface area contributed by atoms with Gasteiger partial charge >= 0.3 is 6.03 Å². The maximum Gasteiger partial charge on any atom is 0.320 e. The largest absolute Gasteiger partial charge is 0.353 e. The van der Waals surface area contributed by atoms with Crippen LogP contribution in [0.4, 0.5) is 9.18 Å². The zero-order valence-corrected chi connectivity index (χ0v) is 15.9. The number of likely N-dealkylation sites (tertiary alicyclic amines) is 1. The molecule has 0 aliphatic carbocycles. The Kier molecular flexibility index (Phi) is 5.06. The van der Waals surface area contributed by atoms with E-state index in [-0.39, 0.29) is 23.8 Å². The monoisotopic (exact) mass is 373 g/mol. The highest BCUT2D eigenvalue weighted by Gasteiger charge is 2.45. The van der Waals surface area contributed by atoms with Crippen LogP contribution >= 0.6 is 0 Å². The van der Waals surface area contributed by atoms with Crippen molar-refractivity contribution in [2.24, 2.45) is 0 Å². The number of amides is 3.